The number of fused-ring (bicyclic) bond motifs is 1. The van der Waals surface area contributed by atoms with Gasteiger partial charge in [-0.1, -0.05) is 72.6 Å². The van der Waals surface area contributed by atoms with Crippen molar-refractivity contribution in [3.8, 4) is 39.4 Å². The Kier molecular flexibility index (Phi) is 10.9. The van der Waals surface area contributed by atoms with Crippen molar-refractivity contribution in [2.45, 2.75) is 51.4 Å². The zero-order valence-electron chi connectivity index (χ0n) is 27.3. The molecule has 4 heterocycles. The van der Waals surface area contributed by atoms with E-state index in [0.29, 0.717) is 58.9 Å². The lowest BCUT2D eigenvalue weighted by Gasteiger charge is -2.16. The van der Waals surface area contributed by atoms with Crippen LogP contribution in [0.25, 0.3) is 39.2 Å². The maximum atomic E-state index is 13.2. The monoisotopic (exact) mass is 700 g/mol. The smallest absolute Gasteiger partial charge is 0.262 e. The maximum absolute atomic E-state index is 13.2. The predicted octanol–water partition coefficient (Wildman–Crippen LogP) is 5.63. The van der Waals surface area contributed by atoms with Crippen molar-refractivity contribution in [1.29, 1.82) is 0 Å². The molecular formula is C37H38Cl2N6O4. The molecule has 0 aliphatic carbocycles. The lowest BCUT2D eigenvalue weighted by molar-refractivity contribution is -0.119. The van der Waals surface area contributed by atoms with Crippen LogP contribution in [0.15, 0.2) is 77.9 Å². The summed E-state index contributed by atoms with van der Waals surface area (Å²) in [4.78, 5) is 34.0. The first-order valence-electron chi connectivity index (χ1n) is 16.3. The number of aromatic nitrogens is 3. The van der Waals surface area contributed by atoms with Crippen molar-refractivity contribution in [2.24, 2.45) is 0 Å². The lowest BCUT2D eigenvalue weighted by atomic mass is 9.97. The molecule has 0 spiro atoms. The molecule has 1 aliphatic heterocycles. The highest BCUT2D eigenvalue weighted by atomic mass is 35.5. The minimum absolute atomic E-state index is 0.000985. The predicted molar refractivity (Wildman–Crippen MR) is 193 cm³/mol. The van der Waals surface area contributed by atoms with Crippen LogP contribution >= 0.6 is 23.2 Å². The van der Waals surface area contributed by atoms with E-state index in [4.69, 9.17) is 32.9 Å². The number of halogens is 2. The van der Waals surface area contributed by atoms with Crippen LogP contribution in [-0.2, 0) is 17.9 Å². The zero-order valence-corrected chi connectivity index (χ0v) is 28.8. The van der Waals surface area contributed by atoms with Crippen LogP contribution in [0.5, 0.6) is 5.88 Å². The second kappa shape index (κ2) is 15.5. The number of hydrogen-bond acceptors (Lipinski definition) is 8. The van der Waals surface area contributed by atoms with Gasteiger partial charge in [0, 0.05) is 78.3 Å². The first kappa shape index (κ1) is 34.5. The third-order valence-corrected chi connectivity index (χ3v) is 9.69. The van der Waals surface area contributed by atoms with E-state index in [9.17, 15) is 14.7 Å². The summed E-state index contributed by atoms with van der Waals surface area (Å²) in [5, 5.41) is 20.0. The number of amides is 1. The van der Waals surface area contributed by atoms with E-state index in [1.165, 1.54) is 4.40 Å². The normalized spacial score (nSPS) is 15.0. The van der Waals surface area contributed by atoms with Crippen LogP contribution in [0, 0.1) is 0 Å². The standard InChI is InChI=1S/C37H38Cl2N6O4/c1-3-25(21-46)41-18-24-19-42-32-16-22(14-15-45(32)37(24)48)27-6-4-7-28(34(27)38)29-8-5-9-30(35(29)39)31-12-10-23(36(44-31)49-2)17-40-20-26-11-13-33(47)43-26/h4-10,12,14-16,19,25-26,40-41,46H,3,11,13,17-18,20-21H2,1-2H3,(H,43,47)/t25-,26-/m0/s1. The minimum Gasteiger partial charge on any atom is -0.481 e. The number of ether oxygens (including phenoxy) is 1. The van der Waals surface area contributed by atoms with Crippen molar-refractivity contribution in [1.82, 2.24) is 30.3 Å². The summed E-state index contributed by atoms with van der Waals surface area (Å²) in [5.74, 6) is 0.583. The van der Waals surface area contributed by atoms with E-state index in [1.807, 2.05) is 67.6 Å². The Morgan fingerprint density at radius 1 is 1.00 bits per heavy atom. The number of nitrogens with one attached hydrogen (secondary N) is 3. The molecule has 3 aromatic heterocycles. The second-order valence-electron chi connectivity index (χ2n) is 12.0. The summed E-state index contributed by atoms with van der Waals surface area (Å²) < 4.78 is 7.15. The molecule has 5 aromatic rings. The third kappa shape index (κ3) is 7.49. The fraction of sp³-hybridized carbons (Fsp3) is 0.297. The Balaban J connectivity index is 1.25. The second-order valence-corrected chi connectivity index (χ2v) is 12.8. The molecule has 2 aromatic carbocycles. The number of methoxy groups -OCH3 is 1. The first-order valence-corrected chi connectivity index (χ1v) is 17.0. The molecule has 4 N–H and O–H groups in total. The summed E-state index contributed by atoms with van der Waals surface area (Å²) in [5.41, 5.74) is 6.18. The topological polar surface area (TPSA) is 130 Å². The number of aliphatic hydroxyl groups excluding tert-OH is 1. The number of carbonyl (C=O) groups is 1. The molecule has 10 nitrogen and oxygen atoms in total. The molecule has 254 valence electrons. The Labute approximate surface area is 294 Å². The van der Waals surface area contributed by atoms with Crippen LogP contribution in [0.1, 0.15) is 37.3 Å². The van der Waals surface area contributed by atoms with Crippen molar-refractivity contribution in [2.75, 3.05) is 20.3 Å². The summed E-state index contributed by atoms with van der Waals surface area (Å²) in [6.07, 6.45) is 5.42. The highest BCUT2D eigenvalue weighted by molar-refractivity contribution is 6.39. The van der Waals surface area contributed by atoms with E-state index in [-0.39, 0.29) is 30.2 Å². The number of pyridine rings is 2. The van der Waals surface area contributed by atoms with E-state index in [0.717, 1.165) is 46.2 Å². The fourth-order valence-electron chi connectivity index (χ4n) is 6.04. The number of carbonyl (C=O) groups excluding carboxylic acids is 1. The third-order valence-electron chi connectivity index (χ3n) is 8.87. The van der Waals surface area contributed by atoms with Gasteiger partial charge in [0.2, 0.25) is 11.8 Å². The molecule has 0 unspecified atom stereocenters. The van der Waals surface area contributed by atoms with Gasteiger partial charge >= 0.3 is 0 Å². The molecule has 1 aliphatic rings. The van der Waals surface area contributed by atoms with Crippen LogP contribution in [0.2, 0.25) is 10.0 Å². The van der Waals surface area contributed by atoms with Crippen molar-refractivity contribution in [3.05, 3.63) is 105 Å². The van der Waals surface area contributed by atoms with Gasteiger partial charge in [0.25, 0.3) is 5.56 Å². The van der Waals surface area contributed by atoms with E-state index in [1.54, 1.807) is 19.5 Å². The van der Waals surface area contributed by atoms with E-state index < -0.39 is 0 Å². The van der Waals surface area contributed by atoms with Crippen LogP contribution in [-0.4, -0.2) is 57.7 Å². The molecule has 1 fully saturated rings. The van der Waals surface area contributed by atoms with E-state index in [2.05, 4.69) is 20.9 Å². The largest absolute Gasteiger partial charge is 0.481 e. The van der Waals surface area contributed by atoms with Crippen molar-refractivity contribution >= 4 is 34.8 Å². The van der Waals surface area contributed by atoms with Gasteiger partial charge in [-0.2, -0.15) is 0 Å². The summed E-state index contributed by atoms with van der Waals surface area (Å²) >= 11 is 14.2. The molecule has 1 saturated heterocycles. The Hall–Kier alpha value is -4.32. The van der Waals surface area contributed by atoms with Gasteiger partial charge in [-0.3, -0.25) is 14.0 Å². The van der Waals surface area contributed by atoms with Crippen LogP contribution in [0.4, 0.5) is 0 Å². The SMILES string of the molecule is CC[C@@H](CO)NCc1cnc2cc(-c3cccc(-c4cccc(-c5ccc(CNC[C@@H]6CCC(=O)N6)c(OC)n5)c4Cl)c3Cl)ccn2c1=O. The number of benzene rings is 2. The van der Waals surface area contributed by atoms with E-state index >= 15 is 0 Å². The summed E-state index contributed by atoms with van der Waals surface area (Å²) in [6, 6.07) is 19.1. The van der Waals surface area contributed by atoms with Gasteiger partial charge in [0.15, 0.2) is 0 Å². The summed E-state index contributed by atoms with van der Waals surface area (Å²) in [6.45, 7) is 3.50. The highest BCUT2D eigenvalue weighted by Crippen LogP contribution is 2.42. The molecular weight excluding hydrogens is 663 g/mol. The summed E-state index contributed by atoms with van der Waals surface area (Å²) in [7, 11) is 1.59. The Morgan fingerprint density at radius 3 is 2.43 bits per heavy atom. The molecule has 1 amide bonds. The molecule has 0 radical (unpaired) electrons. The van der Waals surface area contributed by atoms with Crippen LogP contribution in [0.3, 0.4) is 0 Å². The number of hydrogen-bond donors (Lipinski definition) is 4. The molecule has 12 heteroatoms. The molecule has 0 saturated carbocycles. The zero-order chi connectivity index (χ0) is 34.5. The fourth-order valence-corrected chi connectivity index (χ4v) is 6.70. The molecule has 49 heavy (non-hydrogen) atoms. The lowest BCUT2D eigenvalue weighted by Crippen LogP contribution is -2.35. The number of aliphatic hydroxyl groups is 1. The van der Waals surface area contributed by atoms with Crippen molar-refractivity contribution < 1.29 is 14.6 Å². The molecule has 2 atom stereocenters. The number of rotatable bonds is 13. The van der Waals surface area contributed by atoms with Gasteiger partial charge in [-0.05, 0) is 36.6 Å². The first-order chi connectivity index (χ1) is 23.8. The molecule has 0 bridgehead atoms. The van der Waals surface area contributed by atoms with Gasteiger partial charge < -0.3 is 25.8 Å². The Bertz CT molecular complexity index is 2050. The van der Waals surface area contributed by atoms with Gasteiger partial charge in [-0.25, -0.2) is 9.97 Å². The average molecular weight is 702 g/mol. The van der Waals surface area contributed by atoms with Gasteiger partial charge in [0.05, 0.1) is 35.0 Å². The average Bonchev–Trinajstić information content (AvgIpc) is 3.54. The van der Waals surface area contributed by atoms with Crippen LogP contribution < -0.4 is 26.2 Å². The quantitative estimate of drug-likeness (QED) is 0.124. The molecule has 6 rings (SSSR count). The van der Waals surface area contributed by atoms with Crippen molar-refractivity contribution in [3.63, 3.8) is 0 Å². The Morgan fingerprint density at radius 2 is 1.73 bits per heavy atom. The van der Waals surface area contributed by atoms with Gasteiger partial charge in [0.1, 0.15) is 5.65 Å². The number of nitrogens with zero attached hydrogens (tertiary/aromatic N) is 3. The highest BCUT2D eigenvalue weighted by Gasteiger charge is 2.21. The minimum atomic E-state index is -0.172. The van der Waals surface area contributed by atoms with Gasteiger partial charge in [-0.15, -0.1) is 0 Å². The maximum Gasteiger partial charge on any atom is 0.262 e.